The molecule has 1 aliphatic rings. The number of rotatable bonds is 12. The van der Waals surface area contributed by atoms with Crippen LogP contribution in [0.15, 0.2) is 30.3 Å². The van der Waals surface area contributed by atoms with Gasteiger partial charge in [0, 0.05) is 28.6 Å². The van der Waals surface area contributed by atoms with E-state index in [0.717, 1.165) is 23.4 Å². The molecule has 2 unspecified atom stereocenters. The van der Waals surface area contributed by atoms with E-state index in [4.69, 9.17) is 33.7 Å². The first-order valence-electron chi connectivity index (χ1n) is 15.5. The second-order valence-electron chi connectivity index (χ2n) is 12.2. The van der Waals surface area contributed by atoms with Crippen molar-refractivity contribution in [1.82, 2.24) is 20.9 Å². The van der Waals surface area contributed by atoms with Gasteiger partial charge < -0.3 is 31.4 Å². The highest BCUT2D eigenvalue weighted by Gasteiger charge is 2.46. The molecule has 0 radical (unpaired) electrons. The number of H-pyrrole nitrogens is 1. The summed E-state index contributed by atoms with van der Waals surface area (Å²) in [4.78, 5) is 56.8. The van der Waals surface area contributed by atoms with Crippen LogP contribution in [0.25, 0.3) is 10.9 Å². The third-order valence-corrected chi connectivity index (χ3v) is 9.48. The summed E-state index contributed by atoms with van der Waals surface area (Å²) < 4.78 is 32.4. The van der Waals surface area contributed by atoms with Crippen LogP contribution in [0.2, 0.25) is 10.0 Å². The number of aromatic amines is 1. The summed E-state index contributed by atoms with van der Waals surface area (Å²) in [6.45, 7) is 6.78. The maximum absolute atomic E-state index is 14.2. The molecule has 1 heterocycles. The van der Waals surface area contributed by atoms with Gasteiger partial charge in [0.05, 0.1) is 10.5 Å². The van der Waals surface area contributed by atoms with Gasteiger partial charge in [0.15, 0.2) is 0 Å². The van der Waals surface area contributed by atoms with Crippen LogP contribution >= 0.6 is 23.2 Å². The van der Waals surface area contributed by atoms with Crippen LogP contribution in [0.4, 0.5) is 13.6 Å². The second kappa shape index (κ2) is 14.9. The van der Waals surface area contributed by atoms with Gasteiger partial charge in [-0.1, -0.05) is 63.7 Å². The van der Waals surface area contributed by atoms with Crippen LogP contribution in [-0.2, 0) is 38.6 Å². The summed E-state index contributed by atoms with van der Waals surface area (Å²) >= 11 is 12.8. The number of nitrogens with two attached hydrogens (primary N) is 1. The molecule has 3 aromatic rings. The van der Waals surface area contributed by atoms with E-state index in [-0.39, 0.29) is 24.3 Å². The van der Waals surface area contributed by atoms with Crippen molar-refractivity contribution in [3.8, 4) is 0 Å². The van der Waals surface area contributed by atoms with Crippen molar-refractivity contribution in [2.45, 2.75) is 84.0 Å². The lowest BCUT2D eigenvalue weighted by molar-refractivity contribution is -0.137. The number of nitrogens with one attached hydrogen (secondary N) is 4. The van der Waals surface area contributed by atoms with Gasteiger partial charge in [0.25, 0.3) is 0 Å². The minimum absolute atomic E-state index is 0.0192. The van der Waals surface area contributed by atoms with Gasteiger partial charge in [0.1, 0.15) is 35.9 Å². The van der Waals surface area contributed by atoms with Crippen molar-refractivity contribution < 1.29 is 32.7 Å². The van der Waals surface area contributed by atoms with E-state index < -0.39 is 65.6 Å². The summed E-state index contributed by atoms with van der Waals surface area (Å²) in [5.41, 5.74) is 6.38. The number of carbonyl (C=O) groups excluding carboxylic acids is 4. The number of alkyl carbamates (subject to hydrolysis) is 1. The van der Waals surface area contributed by atoms with Crippen molar-refractivity contribution in [2.24, 2.45) is 17.6 Å². The molecule has 14 heteroatoms. The minimum atomic E-state index is -1.56. The molecule has 254 valence electrons. The Kier molecular flexibility index (Phi) is 11.4. The summed E-state index contributed by atoms with van der Waals surface area (Å²) in [5, 5.41) is 9.72. The molecule has 0 saturated carbocycles. The third-order valence-electron chi connectivity index (χ3n) is 8.96. The zero-order valence-corrected chi connectivity index (χ0v) is 28.1. The fourth-order valence-corrected chi connectivity index (χ4v) is 6.41. The summed E-state index contributed by atoms with van der Waals surface area (Å²) in [6, 6.07) is 3.92. The molecule has 0 spiro atoms. The van der Waals surface area contributed by atoms with Gasteiger partial charge >= 0.3 is 6.09 Å². The molecule has 1 aromatic heterocycles. The molecule has 4 amide bonds. The minimum Gasteiger partial charge on any atom is -0.445 e. The number of aromatic nitrogens is 1. The van der Waals surface area contributed by atoms with Crippen LogP contribution in [-0.4, -0.2) is 46.4 Å². The molecule has 1 aliphatic carbocycles. The lowest BCUT2D eigenvalue weighted by Gasteiger charge is -2.39. The monoisotopic (exact) mass is 693 g/mol. The number of carbonyl (C=O) groups is 4. The number of hydrogen-bond acceptors (Lipinski definition) is 5. The van der Waals surface area contributed by atoms with Crippen molar-refractivity contribution in [3.63, 3.8) is 0 Å². The molecule has 10 nitrogen and oxygen atoms in total. The Morgan fingerprint density at radius 3 is 2.23 bits per heavy atom. The first kappa shape index (κ1) is 35.9. The van der Waals surface area contributed by atoms with E-state index in [0.29, 0.717) is 46.3 Å². The smallest absolute Gasteiger partial charge is 0.408 e. The van der Waals surface area contributed by atoms with Gasteiger partial charge in [-0.15, -0.1) is 0 Å². The number of benzene rings is 2. The van der Waals surface area contributed by atoms with E-state index in [1.807, 2.05) is 13.8 Å². The van der Waals surface area contributed by atoms with Crippen LogP contribution < -0.4 is 21.7 Å². The molecule has 2 aromatic carbocycles. The van der Waals surface area contributed by atoms with Gasteiger partial charge in [-0.2, -0.15) is 0 Å². The molecule has 0 bridgehead atoms. The normalized spacial score (nSPS) is 18.4. The number of fused-ring (bicyclic) bond motifs is 3. The molecule has 4 rings (SSSR count). The number of halogens is 4. The lowest BCUT2D eigenvalue weighted by Crippen LogP contribution is -2.67. The highest BCUT2D eigenvalue weighted by Crippen LogP contribution is 2.38. The van der Waals surface area contributed by atoms with E-state index >= 15 is 0 Å². The van der Waals surface area contributed by atoms with Crippen LogP contribution in [0.5, 0.6) is 0 Å². The van der Waals surface area contributed by atoms with Gasteiger partial charge in [-0.3, -0.25) is 14.4 Å². The Morgan fingerprint density at radius 1 is 0.979 bits per heavy atom. The zero-order chi connectivity index (χ0) is 34.6. The van der Waals surface area contributed by atoms with Gasteiger partial charge in [0.2, 0.25) is 17.7 Å². The van der Waals surface area contributed by atoms with Gasteiger partial charge in [-0.25, -0.2) is 13.6 Å². The fraction of sp³-hybridized carbons (Fsp3) is 0.455. The molecular weight excluding hydrogens is 655 g/mol. The zero-order valence-electron chi connectivity index (χ0n) is 26.6. The van der Waals surface area contributed by atoms with Crippen LogP contribution in [0, 0.1) is 23.5 Å². The first-order chi connectivity index (χ1) is 22.2. The topological polar surface area (TPSA) is 155 Å². The van der Waals surface area contributed by atoms with Crippen molar-refractivity contribution in [3.05, 3.63) is 68.8 Å². The van der Waals surface area contributed by atoms with E-state index in [9.17, 15) is 28.0 Å². The Balaban J connectivity index is 1.65. The van der Waals surface area contributed by atoms with Crippen molar-refractivity contribution >= 4 is 57.9 Å². The first-order valence-corrected chi connectivity index (χ1v) is 16.2. The number of hydrogen-bond donors (Lipinski definition) is 5. The Labute approximate surface area is 281 Å². The number of amides is 4. The lowest BCUT2D eigenvalue weighted by atomic mass is 9.78. The molecule has 0 saturated heterocycles. The molecule has 0 aliphatic heterocycles. The molecule has 5 atom stereocenters. The number of aryl methyl sites for hydroxylation is 1. The molecule has 6 N–H and O–H groups in total. The highest BCUT2D eigenvalue weighted by atomic mass is 35.5. The van der Waals surface area contributed by atoms with Crippen LogP contribution in [0.1, 0.15) is 63.8 Å². The fourth-order valence-electron chi connectivity index (χ4n) is 5.86. The number of ether oxygens (including phenoxy) is 1. The average molecular weight is 695 g/mol. The Hall–Kier alpha value is -3.90. The summed E-state index contributed by atoms with van der Waals surface area (Å²) in [5.74, 6) is -4.35. The summed E-state index contributed by atoms with van der Waals surface area (Å²) in [6.07, 6.45) is 0.528. The van der Waals surface area contributed by atoms with E-state index in [2.05, 4.69) is 20.9 Å². The average Bonchev–Trinajstić information content (AvgIpc) is 3.37. The highest BCUT2D eigenvalue weighted by molar-refractivity contribution is 6.38. The second-order valence-corrected chi connectivity index (χ2v) is 13.1. The largest absolute Gasteiger partial charge is 0.445 e. The molecular formula is C33H39Cl2F2N5O5. The number of primary amides is 1. The quantitative estimate of drug-likeness (QED) is 0.171. The Bertz CT molecular complexity index is 1660. The van der Waals surface area contributed by atoms with Crippen molar-refractivity contribution in [1.29, 1.82) is 0 Å². The maximum atomic E-state index is 14.2. The predicted molar refractivity (Wildman–Crippen MR) is 175 cm³/mol. The van der Waals surface area contributed by atoms with Gasteiger partial charge in [-0.05, 0) is 60.1 Å². The molecule has 0 fully saturated rings. The standard InChI is InChI=1S/C33H39Cl2F2N5O5/c1-5-16(3)26(29(38)43)40-31(45)33(8-7-25-23(14-33)22-11-19(34)12-24(35)28(22)39-25)42-30(44)27(17(4)6-2)41-32(46)47-15-18-9-20(36)13-21(37)10-18/h9-13,16-17,26-27,39H,5-8,14-15H2,1-4H3,(H2,38,43)(H,40,45)(H,41,46)(H,42,44)/t16-,17?,26-,27?,33+/m0/s1. The summed E-state index contributed by atoms with van der Waals surface area (Å²) in [7, 11) is 0. The third kappa shape index (κ3) is 8.16. The SMILES string of the molecule is CCC(C)C(NC(=O)OCc1cc(F)cc(F)c1)C(=O)N[C@]1(C(=O)N[C@H](C(N)=O)[C@@H](C)CC)CCc2[nH]c3c(Cl)cc(Cl)cc3c2C1. The maximum Gasteiger partial charge on any atom is 0.408 e. The molecule has 47 heavy (non-hydrogen) atoms. The Morgan fingerprint density at radius 2 is 1.62 bits per heavy atom. The van der Waals surface area contributed by atoms with Crippen LogP contribution in [0.3, 0.4) is 0 Å². The van der Waals surface area contributed by atoms with E-state index in [1.54, 1.807) is 26.0 Å². The predicted octanol–water partition coefficient (Wildman–Crippen LogP) is 5.45. The van der Waals surface area contributed by atoms with Crippen molar-refractivity contribution in [2.75, 3.05) is 0 Å². The van der Waals surface area contributed by atoms with E-state index in [1.165, 1.54) is 0 Å².